The normalized spacial score (nSPS) is 46.3. The van der Waals surface area contributed by atoms with E-state index >= 15 is 0 Å². The van der Waals surface area contributed by atoms with Gasteiger partial charge in [-0.3, -0.25) is 4.79 Å². The van der Waals surface area contributed by atoms with E-state index in [1.165, 1.54) is 64.2 Å². The number of amides is 1. The first-order valence-corrected chi connectivity index (χ1v) is 10.7. The standard InChI is InChI=1S/C19H28N2OS/c22-18-17(13-4-2-1-3-5-13)23-19(21-18)20-16-14-7-11-6-12(9-14)10-15(16)8-11/h11-17H,1-10H2,(H,20,21,22). The molecule has 0 spiro atoms. The summed E-state index contributed by atoms with van der Waals surface area (Å²) in [6, 6.07) is 0.604. The lowest BCUT2D eigenvalue weighted by Crippen LogP contribution is -2.55. The molecule has 1 N–H and O–H groups in total. The summed E-state index contributed by atoms with van der Waals surface area (Å²) < 4.78 is 0. The molecule has 0 aromatic carbocycles. The third kappa shape index (κ3) is 2.65. The Hall–Kier alpha value is -0.510. The summed E-state index contributed by atoms with van der Waals surface area (Å²) in [7, 11) is 0. The molecule has 6 aliphatic rings. The van der Waals surface area contributed by atoms with Crippen molar-refractivity contribution in [2.45, 2.75) is 75.5 Å². The van der Waals surface area contributed by atoms with E-state index in [0.717, 1.165) is 28.8 Å². The van der Waals surface area contributed by atoms with Gasteiger partial charge >= 0.3 is 0 Å². The summed E-state index contributed by atoms with van der Waals surface area (Å²) in [6.07, 6.45) is 13.6. The lowest BCUT2D eigenvalue weighted by molar-refractivity contribution is -0.118. The van der Waals surface area contributed by atoms with Gasteiger partial charge < -0.3 is 5.32 Å². The number of hydrogen-bond acceptors (Lipinski definition) is 3. The molecule has 1 aliphatic heterocycles. The summed E-state index contributed by atoms with van der Waals surface area (Å²) in [6.45, 7) is 0. The van der Waals surface area contributed by atoms with Gasteiger partial charge in [-0.25, -0.2) is 0 Å². The zero-order valence-electron chi connectivity index (χ0n) is 13.9. The molecule has 4 heteroatoms. The van der Waals surface area contributed by atoms with Gasteiger partial charge in [-0.05, 0) is 74.5 Å². The summed E-state index contributed by atoms with van der Waals surface area (Å²) in [5, 5.41) is 4.83. The van der Waals surface area contributed by atoms with Crippen LogP contribution in [0.15, 0.2) is 4.99 Å². The molecule has 1 unspecified atom stereocenters. The quantitative estimate of drug-likeness (QED) is 0.831. The van der Waals surface area contributed by atoms with Gasteiger partial charge in [0.15, 0.2) is 5.17 Å². The number of hydrogen-bond donors (Lipinski definition) is 1. The molecule has 5 aliphatic carbocycles. The van der Waals surface area contributed by atoms with Crippen molar-refractivity contribution in [1.82, 2.24) is 5.32 Å². The van der Waals surface area contributed by atoms with Crippen LogP contribution in [0.25, 0.3) is 0 Å². The van der Waals surface area contributed by atoms with Crippen LogP contribution < -0.4 is 5.32 Å². The van der Waals surface area contributed by atoms with E-state index in [-0.39, 0.29) is 11.2 Å². The van der Waals surface area contributed by atoms with Crippen LogP contribution in [-0.4, -0.2) is 22.4 Å². The fourth-order valence-corrected chi connectivity index (χ4v) is 7.67. The molecule has 5 fully saturated rings. The van der Waals surface area contributed by atoms with E-state index in [9.17, 15) is 4.79 Å². The molecular formula is C19H28N2OS. The Morgan fingerprint density at radius 3 is 2.17 bits per heavy atom. The topological polar surface area (TPSA) is 41.5 Å². The van der Waals surface area contributed by atoms with Gasteiger partial charge in [0.2, 0.25) is 0 Å². The zero-order chi connectivity index (χ0) is 15.4. The van der Waals surface area contributed by atoms with Crippen molar-refractivity contribution in [2.24, 2.45) is 34.6 Å². The van der Waals surface area contributed by atoms with Gasteiger partial charge in [-0.15, -0.1) is 0 Å². The minimum Gasteiger partial charge on any atom is -0.361 e. The molecule has 1 heterocycles. The number of nitrogens with one attached hydrogen (secondary N) is 1. The Balaban J connectivity index is 1.25. The Morgan fingerprint density at radius 1 is 0.870 bits per heavy atom. The highest BCUT2D eigenvalue weighted by molar-refractivity contribution is 8.15. The number of rotatable bonds is 2. The highest BCUT2D eigenvalue weighted by Gasteiger charge is 2.49. The van der Waals surface area contributed by atoms with Crippen LogP contribution in [0, 0.1) is 29.6 Å². The SMILES string of the molecule is O=C1N=C(NC2C3CC4CC(C3)CC2C4)SC1C1CCCCC1. The fourth-order valence-electron chi connectivity index (χ4n) is 6.47. The van der Waals surface area contributed by atoms with Crippen LogP contribution in [-0.2, 0) is 4.79 Å². The van der Waals surface area contributed by atoms with Crippen molar-refractivity contribution in [1.29, 1.82) is 0 Å². The first-order valence-electron chi connectivity index (χ1n) is 9.82. The summed E-state index contributed by atoms with van der Waals surface area (Å²) in [4.78, 5) is 16.8. The monoisotopic (exact) mass is 332 g/mol. The Labute approximate surface area is 143 Å². The molecule has 3 nitrogen and oxygen atoms in total. The van der Waals surface area contributed by atoms with Crippen molar-refractivity contribution < 1.29 is 4.79 Å². The number of nitrogens with zero attached hydrogens (tertiary/aromatic N) is 1. The maximum atomic E-state index is 12.4. The Morgan fingerprint density at radius 2 is 1.52 bits per heavy atom. The van der Waals surface area contributed by atoms with E-state index in [0.29, 0.717) is 12.0 Å². The predicted molar refractivity (Wildman–Crippen MR) is 94.4 cm³/mol. The lowest BCUT2D eigenvalue weighted by atomic mass is 9.54. The maximum Gasteiger partial charge on any atom is 0.261 e. The Kier molecular flexibility index (Phi) is 3.72. The highest BCUT2D eigenvalue weighted by Crippen LogP contribution is 2.54. The Bertz CT molecular complexity index is 497. The molecule has 1 amide bonds. The van der Waals surface area contributed by atoms with Gasteiger partial charge in [0, 0.05) is 6.04 Å². The number of amidine groups is 1. The second-order valence-electron chi connectivity index (χ2n) is 8.79. The first-order chi connectivity index (χ1) is 11.3. The minimum atomic E-state index is 0.120. The van der Waals surface area contributed by atoms with E-state index in [4.69, 9.17) is 0 Å². The minimum absolute atomic E-state index is 0.120. The third-order valence-corrected chi connectivity index (χ3v) is 8.56. The average molecular weight is 333 g/mol. The average Bonchev–Trinajstić information content (AvgIpc) is 2.92. The molecule has 1 atom stereocenters. The van der Waals surface area contributed by atoms with Crippen LogP contribution in [0.4, 0.5) is 0 Å². The number of carbonyl (C=O) groups is 1. The van der Waals surface area contributed by atoms with Crippen molar-refractivity contribution in [2.75, 3.05) is 0 Å². The van der Waals surface area contributed by atoms with Gasteiger partial charge in [0.1, 0.15) is 0 Å². The molecular weight excluding hydrogens is 304 g/mol. The summed E-state index contributed by atoms with van der Waals surface area (Å²) >= 11 is 1.76. The molecule has 5 saturated carbocycles. The van der Waals surface area contributed by atoms with Crippen molar-refractivity contribution in [3.63, 3.8) is 0 Å². The third-order valence-electron chi connectivity index (χ3n) is 7.29. The van der Waals surface area contributed by atoms with Crippen LogP contribution in [0.3, 0.4) is 0 Å². The van der Waals surface area contributed by atoms with E-state index in [1.807, 2.05) is 0 Å². The highest BCUT2D eigenvalue weighted by atomic mass is 32.2. The van der Waals surface area contributed by atoms with Crippen molar-refractivity contribution >= 4 is 22.8 Å². The van der Waals surface area contributed by atoms with Gasteiger partial charge in [0.25, 0.3) is 5.91 Å². The number of carbonyl (C=O) groups excluding carboxylic acids is 1. The fraction of sp³-hybridized carbons (Fsp3) is 0.895. The zero-order valence-corrected chi connectivity index (χ0v) is 14.7. The van der Waals surface area contributed by atoms with Crippen LogP contribution in [0.2, 0.25) is 0 Å². The second kappa shape index (κ2) is 5.79. The van der Waals surface area contributed by atoms with Crippen LogP contribution in [0.5, 0.6) is 0 Å². The molecule has 126 valence electrons. The molecule has 0 radical (unpaired) electrons. The van der Waals surface area contributed by atoms with E-state index in [1.54, 1.807) is 11.8 Å². The molecule has 23 heavy (non-hydrogen) atoms. The number of thioether (sulfide) groups is 1. The molecule has 0 aromatic rings. The maximum absolute atomic E-state index is 12.4. The van der Waals surface area contributed by atoms with Gasteiger partial charge in [-0.2, -0.15) is 4.99 Å². The predicted octanol–water partition coefficient (Wildman–Crippen LogP) is 3.98. The molecule has 0 saturated heterocycles. The van der Waals surface area contributed by atoms with Crippen LogP contribution >= 0.6 is 11.8 Å². The van der Waals surface area contributed by atoms with E-state index in [2.05, 4.69) is 10.3 Å². The van der Waals surface area contributed by atoms with Gasteiger partial charge in [0.05, 0.1) is 5.25 Å². The van der Waals surface area contributed by atoms with Crippen molar-refractivity contribution in [3.8, 4) is 0 Å². The number of aliphatic imine (C=N–C) groups is 1. The largest absolute Gasteiger partial charge is 0.361 e. The summed E-state index contributed by atoms with van der Waals surface area (Å²) in [5.41, 5.74) is 0. The van der Waals surface area contributed by atoms with E-state index < -0.39 is 0 Å². The van der Waals surface area contributed by atoms with Gasteiger partial charge in [-0.1, -0.05) is 31.0 Å². The lowest BCUT2D eigenvalue weighted by Gasteiger charge is -2.54. The summed E-state index contributed by atoms with van der Waals surface area (Å²) in [5.74, 6) is 4.42. The smallest absolute Gasteiger partial charge is 0.261 e. The molecule has 0 aromatic heterocycles. The second-order valence-corrected chi connectivity index (χ2v) is 9.92. The first kappa shape index (κ1) is 14.8. The van der Waals surface area contributed by atoms with Crippen molar-refractivity contribution in [3.05, 3.63) is 0 Å². The molecule has 4 bridgehead atoms. The molecule has 6 rings (SSSR count). The van der Waals surface area contributed by atoms with Crippen LogP contribution in [0.1, 0.15) is 64.2 Å².